The maximum absolute atomic E-state index is 12.3. The number of para-hydroxylation sites is 1. The Bertz CT molecular complexity index is 589. The molecule has 0 radical (unpaired) electrons. The molecule has 1 aromatic rings. The van der Waals surface area contributed by atoms with Crippen molar-refractivity contribution in [3.63, 3.8) is 0 Å². The molecule has 2 amide bonds. The highest BCUT2D eigenvalue weighted by Crippen LogP contribution is 2.13. The van der Waals surface area contributed by atoms with Crippen molar-refractivity contribution < 1.29 is 19.5 Å². The largest absolute Gasteiger partial charge is 0.480 e. The van der Waals surface area contributed by atoms with Crippen LogP contribution in [0.1, 0.15) is 25.8 Å². The molecule has 0 aliphatic heterocycles. The van der Waals surface area contributed by atoms with Crippen LogP contribution in [0.3, 0.4) is 0 Å². The van der Waals surface area contributed by atoms with Gasteiger partial charge in [0.15, 0.2) is 0 Å². The zero-order valence-corrected chi connectivity index (χ0v) is 14.3. The third-order valence-corrected chi connectivity index (χ3v) is 3.67. The zero-order valence-electron chi connectivity index (χ0n) is 14.3. The van der Waals surface area contributed by atoms with Gasteiger partial charge in [-0.05, 0) is 25.5 Å². The lowest BCUT2D eigenvalue weighted by atomic mass is 10.2. The number of hydrogen-bond acceptors (Lipinski definition) is 4. The van der Waals surface area contributed by atoms with Gasteiger partial charge in [-0.3, -0.25) is 9.59 Å². The van der Waals surface area contributed by atoms with E-state index in [4.69, 9.17) is 5.11 Å². The fraction of sp³-hybridized carbons (Fsp3) is 0.471. The van der Waals surface area contributed by atoms with Gasteiger partial charge in [0.25, 0.3) is 0 Å². The minimum atomic E-state index is -1.07. The van der Waals surface area contributed by atoms with E-state index in [0.717, 1.165) is 11.3 Å². The van der Waals surface area contributed by atoms with Gasteiger partial charge in [-0.15, -0.1) is 0 Å². The Morgan fingerprint density at radius 2 is 1.88 bits per heavy atom. The van der Waals surface area contributed by atoms with Crippen molar-refractivity contribution in [3.05, 3.63) is 29.8 Å². The van der Waals surface area contributed by atoms with Gasteiger partial charge in [-0.2, -0.15) is 0 Å². The van der Waals surface area contributed by atoms with Crippen LogP contribution < -0.4 is 10.6 Å². The number of carbonyl (C=O) groups is 3. The number of hydrogen-bond donors (Lipinski definition) is 3. The average molecular weight is 335 g/mol. The Labute approximate surface area is 142 Å². The molecule has 0 aliphatic carbocycles. The van der Waals surface area contributed by atoms with Crippen LogP contribution in [-0.2, 0) is 14.4 Å². The Morgan fingerprint density at radius 3 is 2.46 bits per heavy atom. The number of nitrogens with zero attached hydrogens (tertiary/aromatic N) is 1. The Kier molecular flexibility index (Phi) is 7.74. The minimum Gasteiger partial charge on any atom is -0.480 e. The summed E-state index contributed by atoms with van der Waals surface area (Å²) in [6, 6.07) is 6.79. The highest BCUT2D eigenvalue weighted by molar-refractivity contribution is 5.83. The van der Waals surface area contributed by atoms with E-state index in [9.17, 15) is 14.4 Å². The average Bonchev–Trinajstić information content (AvgIpc) is 2.52. The van der Waals surface area contributed by atoms with Crippen LogP contribution in [0.4, 0.5) is 5.69 Å². The molecule has 1 atom stereocenters. The van der Waals surface area contributed by atoms with E-state index in [1.807, 2.05) is 31.2 Å². The Balaban J connectivity index is 2.58. The predicted molar refractivity (Wildman–Crippen MR) is 91.8 cm³/mol. The number of aliphatic carboxylic acids is 1. The number of nitrogens with one attached hydrogen (secondary N) is 2. The predicted octanol–water partition coefficient (Wildman–Crippen LogP) is 1.23. The number of carboxylic acids is 1. The molecule has 0 saturated carbocycles. The first-order valence-electron chi connectivity index (χ1n) is 7.89. The molecule has 1 rings (SSSR count). The second-order valence-electron chi connectivity index (χ2n) is 5.58. The van der Waals surface area contributed by atoms with Crippen LogP contribution in [0.25, 0.3) is 0 Å². The number of aryl methyl sites for hydroxylation is 1. The van der Waals surface area contributed by atoms with Crippen LogP contribution in [0.5, 0.6) is 0 Å². The lowest BCUT2D eigenvalue weighted by Gasteiger charge is -2.27. The van der Waals surface area contributed by atoms with Crippen LogP contribution in [0.2, 0.25) is 0 Å². The number of rotatable bonds is 9. The molecule has 0 saturated heterocycles. The summed E-state index contributed by atoms with van der Waals surface area (Å²) in [4.78, 5) is 35.7. The Morgan fingerprint density at radius 1 is 1.21 bits per heavy atom. The van der Waals surface area contributed by atoms with Gasteiger partial charge < -0.3 is 20.6 Å². The molecule has 3 N–H and O–H groups in total. The molecular weight excluding hydrogens is 310 g/mol. The molecule has 0 bridgehead atoms. The van der Waals surface area contributed by atoms with Crippen LogP contribution in [0.15, 0.2) is 24.3 Å². The first-order chi connectivity index (χ1) is 11.3. The van der Waals surface area contributed by atoms with E-state index in [-0.39, 0.29) is 31.3 Å². The summed E-state index contributed by atoms with van der Waals surface area (Å²) in [5, 5.41) is 14.9. The second kappa shape index (κ2) is 9.54. The van der Waals surface area contributed by atoms with Gasteiger partial charge in [0.2, 0.25) is 11.8 Å². The van der Waals surface area contributed by atoms with Crippen molar-refractivity contribution in [1.82, 2.24) is 10.2 Å². The Hall–Kier alpha value is -2.57. The van der Waals surface area contributed by atoms with E-state index in [1.54, 1.807) is 0 Å². The highest BCUT2D eigenvalue weighted by atomic mass is 16.4. The standard InChI is InChI=1S/C17H25N3O4/c1-12-6-4-5-7-15(12)19-9-8-16(22)20(13(2)17(23)24)11-10-18-14(3)21/h4-7,13,19H,8-11H2,1-3H3,(H,18,21)(H,23,24). The van der Waals surface area contributed by atoms with E-state index in [1.165, 1.54) is 18.7 Å². The van der Waals surface area contributed by atoms with E-state index in [0.29, 0.717) is 6.54 Å². The number of amides is 2. The van der Waals surface area contributed by atoms with Crippen molar-refractivity contribution in [1.29, 1.82) is 0 Å². The van der Waals surface area contributed by atoms with Crippen molar-refractivity contribution in [3.8, 4) is 0 Å². The molecule has 7 heteroatoms. The quantitative estimate of drug-likeness (QED) is 0.630. The van der Waals surface area contributed by atoms with Crippen LogP contribution in [0, 0.1) is 6.92 Å². The van der Waals surface area contributed by atoms with Gasteiger partial charge in [-0.25, -0.2) is 4.79 Å². The van der Waals surface area contributed by atoms with Gasteiger partial charge in [0, 0.05) is 38.7 Å². The lowest BCUT2D eigenvalue weighted by Crippen LogP contribution is -2.47. The van der Waals surface area contributed by atoms with Crippen molar-refractivity contribution in [2.75, 3.05) is 25.0 Å². The summed E-state index contributed by atoms with van der Waals surface area (Å²) in [6.45, 7) is 5.60. The maximum Gasteiger partial charge on any atom is 0.326 e. The molecule has 24 heavy (non-hydrogen) atoms. The summed E-state index contributed by atoms with van der Waals surface area (Å²) in [6.07, 6.45) is 0.173. The fourth-order valence-corrected chi connectivity index (χ4v) is 2.24. The molecule has 7 nitrogen and oxygen atoms in total. The van der Waals surface area contributed by atoms with Gasteiger partial charge in [0.1, 0.15) is 6.04 Å². The zero-order chi connectivity index (χ0) is 18.1. The number of carbonyl (C=O) groups excluding carboxylic acids is 2. The topological polar surface area (TPSA) is 98.7 Å². The third-order valence-electron chi connectivity index (χ3n) is 3.67. The van der Waals surface area contributed by atoms with E-state index >= 15 is 0 Å². The number of anilines is 1. The van der Waals surface area contributed by atoms with Crippen molar-refractivity contribution >= 4 is 23.5 Å². The van der Waals surface area contributed by atoms with Crippen molar-refractivity contribution in [2.45, 2.75) is 33.2 Å². The maximum atomic E-state index is 12.3. The summed E-state index contributed by atoms with van der Waals surface area (Å²) < 4.78 is 0. The normalized spacial score (nSPS) is 11.5. The van der Waals surface area contributed by atoms with Crippen LogP contribution in [-0.4, -0.2) is 53.5 Å². The summed E-state index contributed by atoms with van der Waals surface area (Å²) in [7, 11) is 0. The molecule has 132 valence electrons. The van der Waals surface area contributed by atoms with Gasteiger partial charge in [0.05, 0.1) is 0 Å². The summed E-state index contributed by atoms with van der Waals surface area (Å²) in [5.74, 6) is -1.55. The SMILES string of the molecule is CC(=O)NCCN(C(=O)CCNc1ccccc1C)C(C)C(=O)O. The monoisotopic (exact) mass is 335 g/mol. The lowest BCUT2D eigenvalue weighted by molar-refractivity contribution is -0.149. The van der Waals surface area contributed by atoms with Crippen LogP contribution >= 0.6 is 0 Å². The molecule has 0 spiro atoms. The second-order valence-corrected chi connectivity index (χ2v) is 5.58. The van der Waals surface area contributed by atoms with E-state index < -0.39 is 12.0 Å². The molecule has 0 fully saturated rings. The molecule has 1 unspecified atom stereocenters. The van der Waals surface area contributed by atoms with Gasteiger partial charge in [-0.1, -0.05) is 18.2 Å². The molecule has 0 aliphatic rings. The fourth-order valence-electron chi connectivity index (χ4n) is 2.24. The van der Waals surface area contributed by atoms with Gasteiger partial charge >= 0.3 is 5.97 Å². The van der Waals surface area contributed by atoms with E-state index in [2.05, 4.69) is 10.6 Å². The first kappa shape index (κ1) is 19.5. The molecular formula is C17H25N3O4. The minimum absolute atomic E-state index is 0.163. The smallest absolute Gasteiger partial charge is 0.326 e. The molecule has 1 aromatic carbocycles. The highest BCUT2D eigenvalue weighted by Gasteiger charge is 2.24. The molecule has 0 heterocycles. The van der Waals surface area contributed by atoms with Crippen molar-refractivity contribution in [2.24, 2.45) is 0 Å². The summed E-state index contributed by atoms with van der Waals surface area (Å²) >= 11 is 0. The number of benzene rings is 1. The first-order valence-corrected chi connectivity index (χ1v) is 7.89. The summed E-state index contributed by atoms with van der Waals surface area (Å²) in [5.41, 5.74) is 2.02. The number of carboxylic acid groups (broad SMARTS) is 1. The third kappa shape index (κ3) is 6.28. The molecule has 0 aromatic heterocycles.